The number of halogens is 4. The topological polar surface area (TPSA) is 55.0 Å². The summed E-state index contributed by atoms with van der Waals surface area (Å²) in [6.45, 7) is 0. The Morgan fingerprint density at radius 3 is 2.60 bits per heavy atom. The smallest absolute Gasteiger partial charge is 0.416 e. The van der Waals surface area contributed by atoms with Crippen LogP contribution in [-0.2, 0) is 10.9 Å². The van der Waals surface area contributed by atoms with Gasteiger partial charge in [-0.15, -0.1) is 0 Å². The van der Waals surface area contributed by atoms with Gasteiger partial charge in [-0.05, 0) is 18.2 Å². The fraction of sp³-hybridized carbons (Fsp3) is 0.167. The van der Waals surface area contributed by atoms with Crippen molar-refractivity contribution in [1.82, 2.24) is 10.2 Å². The van der Waals surface area contributed by atoms with E-state index in [0.29, 0.717) is 0 Å². The van der Waals surface area contributed by atoms with E-state index in [2.05, 4.69) is 14.9 Å². The van der Waals surface area contributed by atoms with Gasteiger partial charge in [-0.1, -0.05) is 17.7 Å². The number of esters is 1. The number of carbonyl (C=O) groups excluding carboxylic acids is 1. The summed E-state index contributed by atoms with van der Waals surface area (Å²) in [5.41, 5.74) is -0.233. The second-order valence-electron chi connectivity index (χ2n) is 3.85. The maximum atomic E-state index is 12.5. The number of carbonyl (C=O) groups is 1. The van der Waals surface area contributed by atoms with Crippen molar-refractivity contribution < 1.29 is 22.7 Å². The van der Waals surface area contributed by atoms with Gasteiger partial charge < -0.3 is 4.74 Å². The summed E-state index contributed by atoms with van der Waals surface area (Å²) >= 11 is 5.82. The van der Waals surface area contributed by atoms with Crippen molar-refractivity contribution in [2.45, 2.75) is 6.18 Å². The van der Waals surface area contributed by atoms with Gasteiger partial charge in [-0.2, -0.15) is 18.3 Å². The summed E-state index contributed by atoms with van der Waals surface area (Å²) in [5, 5.41) is 6.13. The molecule has 0 saturated heterocycles. The summed E-state index contributed by atoms with van der Waals surface area (Å²) < 4.78 is 42.0. The molecule has 1 aromatic heterocycles. The molecule has 1 N–H and O–H groups in total. The highest BCUT2D eigenvalue weighted by molar-refractivity contribution is 6.33. The molecule has 0 saturated carbocycles. The van der Waals surface area contributed by atoms with Crippen LogP contribution in [0.15, 0.2) is 24.3 Å². The van der Waals surface area contributed by atoms with Crippen molar-refractivity contribution in [3.63, 3.8) is 0 Å². The quantitative estimate of drug-likeness (QED) is 0.863. The largest absolute Gasteiger partial charge is 0.464 e. The fourth-order valence-electron chi connectivity index (χ4n) is 1.57. The van der Waals surface area contributed by atoms with Gasteiger partial charge in [0.1, 0.15) is 5.69 Å². The standard InChI is InChI=1S/C12H8ClF3N2O2/c1-20-11(19)10-5-9(17-18-10)7-3-2-6(4-8(7)13)12(14,15)16/h2-5H,1H3,(H,17,18). The Labute approximate surface area is 116 Å². The van der Waals surface area contributed by atoms with E-state index in [4.69, 9.17) is 11.6 Å². The maximum absolute atomic E-state index is 12.5. The van der Waals surface area contributed by atoms with E-state index >= 15 is 0 Å². The second-order valence-corrected chi connectivity index (χ2v) is 4.26. The van der Waals surface area contributed by atoms with Crippen molar-refractivity contribution >= 4 is 17.6 Å². The molecular weight excluding hydrogens is 297 g/mol. The summed E-state index contributed by atoms with van der Waals surface area (Å²) in [4.78, 5) is 11.3. The van der Waals surface area contributed by atoms with E-state index in [0.717, 1.165) is 12.1 Å². The average molecular weight is 305 g/mol. The van der Waals surface area contributed by atoms with Gasteiger partial charge in [0.25, 0.3) is 0 Å². The third-order valence-electron chi connectivity index (χ3n) is 2.56. The van der Waals surface area contributed by atoms with Crippen molar-refractivity contribution in [2.75, 3.05) is 7.11 Å². The molecule has 0 atom stereocenters. The zero-order valence-electron chi connectivity index (χ0n) is 10.1. The number of alkyl halides is 3. The molecule has 0 aliphatic rings. The first-order valence-electron chi connectivity index (χ1n) is 5.34. The lowest BCUT2D eigenvalue weighted by molar-refractivity contribution is -0.137. The maximum Gasteiger partial charge on any atom is 0.416 e. The first-order valence-corrected chi connectivity index (χ1v) is 5.71. The monoisotopic (exact) mass is 304 g/mol. The molecule has 0 bridgehead atoms. The molecule has 2 rings (SSSR count). The third kappa shape index (κ3) is 2.77. The second kappa shape index (κ2) is 5.16. The van der Waals surface area contributed by atoms with E-state index in [9.17, 15) is 18.0 Å². The van der Waals surface area contributed by atoms with Crippen LogP contribution in [0.3, 0.4) is 0 Å². The highest BCUT2D eigenvalue weighted by atomic mass is 35.5. The van der Waals surface area contributed by atoms with Crippen LogP contribution in [0.2, 0.25) is 5.02 Å². The highest BCUT2D eigenvalue weighted by Gasteiger charge is 2.31. The lowest BCUT2D eigenvalue weighted by atomic mass is 10.1. The molecule has 0 spiro atoms. The molecule has 4 nitrogen and oxygen atoms in total. The van der Waals surface area contributed by atoms with E-state index in [-0.39, 0.29) is 22.0 Å². The van der Waals surface area contributed by atoms with E-state index < -0.39 is 17.7 Å². The van der Waals surface area contributed by atoms with Gasteiger partial charge in [-0.25, -0.2) is 4.79 Å². The molecule has 0 amide bonds. The number of methoxy groups -OCH3 is 1. The molecule has 0 aliphatic heterocycles. The molecule has 8 heteroatoms. The summed E-state index contributed by atoms with van der Waals surface area (Å²) in [5.74, 6) is -0.633. The number of aromatic nitrogens is 2. The van der Waals surface area contributed by atoms with Crippen LogP contribution in [0.1, 0.15) is 16.1 Å². The van der Waals surface area contributed by atoms with Crippen LogP contribution >= 0.6 is 11.6 Å². The fourth-order valence-corrected chi connectivity index (χ4v) is 1.85. The van der Waals surface area contributed by atoms with E-state index in [1.54, 1.807) is 0 Å². The van der Waals surface area contributed by atoms with E-state index in [1.807, 2.05) is 0 Å². The number of rotatable bonds is 2. The number of nitrogens with one attached hydrogen (secondary N) is 1. The lowest BCUT2D eigenvalue weighted by Gasteiger charge is -2.08. The van der Waals surface area contributed by atoms with Crippen LogP contribution in [0.4, 0.5) is 13.2 Å². The Balaban J connectivity index is 2.39. The number of ether oxygens (including phenoxy) is 1. The van der Waals surface area contributed by atoms with Gasteiger partial charge in [0.05, 0.1) is 23.4 Å². The van der Waals surface area contributed by atoms with E-state index in [1.165, 1.54) is 19.2 Å². The summed E-state index contributed by atoms with van der Waals surface area (Å²) in [7, 11) is 1.20. The third-order valence-corrected chi connectivity index (χ3v) is 2.87. The molecule has 1 heterocycles. The highest BCUT2D eigenvalue weighted by Crippen LogP contribution is 2.35. The molecule has 2 aromatic rings. The Kier molecular flexibility index (Phi) is 3.71. The Morgan fingerprint density at radius 1 is 1.35 bits per heavy atom. The molecule has 0 fully saturated rings. The number of benzene rings is 1. The first kappa shape index (κ1) is 14.4. The van der Waals surface area contributed by atoms with Crippen molar-refractivity contribution in [2.24, 2.45) is 0 Å². The number of H-pyrrole nitrogens is 1. The van der Waals surface area contributed by atoms with Gasteiger partial charge in [0.15, 0.2) is 0 Å². The van der Waals surface area contributed by atoms with Crippen LogP contribution < -0.4 is 0 Å². The minimum Gasteiger partial charge on any atom is -0.464 e. The number of aromatic amines is 1. The molecule has 106 valence electrons. The summed E-state index contributed by atoms with van der Waals surface area (Å²) in [6, 6.07) is 4.25. The van der Waals surface area contributed by atoms with Crippen molar-refractivity contribution in [1.29, 1.82) is 0 Å². The van der Waals surface area contributed by atoms with Gasteiger partial charge >= 0.3 is 12.1 Å². The molecule has 0 unspecified atom stereocenters. The Morgan fingerprint density at radius 2 is 2.05 bits per heavy atom. The predicted molar refractivity (Wildman–Crippen MR) is 65.4 cm³/mol. The van der Waals surface area contributed by atoms with Gasteiger partial charge in [0.2, 0.25) is 0 Å². The van der Waals surface area contributed by atoms with Gasteiger partial charge in [0, 0.05) is 5.56 Å². The zero-order chi connectivity index (χ0) is 14.9. The van der Waals surface area contributed by atoms with Crippen LogP contribution in [0.25, 0.3) is 11.3 Å². The normalized spacial score (nSPS) is 11.4. The predicted octanol–water partition coefficient (Wildman–Crippen LogP) is 3.54. The zero-order valence-corrected chi connectivity index (χ0v) is 10.8. The number of hydrogen-bond donors (Lipinski definition) is 1. The van der Waals surface area contributed by atoms with Crippen molar-refractivity contribution in [3.05, 3.63) is 40.5 Å². The summed E-state index contributed by atoms with van der Waals surface area (Å²) in [6.07, 6.45) is -4.47. The molecule has 0 radical (unpaired) electrons. The molecular formula is C12H8ClF3N2O2. The van der Waals surface area contributed by atoms with Crippen LogP contribution in [0, 0.1) is 0 Å². The first-order chi connectivity index (χ1) is 9.32. The van der Waals surface area contributed by atoms with Crippen molar-refractivity contribution in [3.8, 4) is 11.3 Å². The number of hydrogen-bond acceptors (Lipinski definition) is 3. The minimum absolute atomic E-state index is 0.0819. The van der Waals surface area contributed by atoms with Gasteiger partial charge in [-0.3, -0.25) is 5.10 Å². The SMILES string of the molecule is COC(=O)c1cc(-c2ccc(C(F)(F)F)cc2Cl)n[nH]1. The van der Waals surface area contributed by atoms with Crippen LogP contribution in [-0.4, -0.2) is 23.3 Å². The molecule has 0 aliphatic carbocycles. The lowest BCUT2D eigenvalue weighted by Crippen LogP contribution is -2.04. The van der Waals surface area contributed by atoms with Crippen LogP contribution in [0.5, 0.6) is 0 Å². The Hall–Kier alpha value is -2.02. The molecule has 20 heavy (non-hydrogen) atoms. The average Bonchev–Trinajstić information content (AvgIpc) is 2.86. The number of nitrogens with zero attached hydrogens (tertiary/aromatic N) is 1. The molecule has 1 aromatic carbocycles. The minimum atomic E-state index is -4.47. The Bertz CT molecular complexity index is 652.